The highest BCUT2D eigenvalue weighted by atomic mass is 16.5. The summed E-state index contributed by atoms with van der Waals surface area (Å²) in [5.74, 6) is -0.680. The van der Waals surface area contributed by atoms with Crippen molar-refractivity contribution in [1.29, 1.82) is 0 Å². The van der Waals surface area contributed by atoms with E-state index < -0.39 is 22.7 Å². The van der Waals surface area contributed by atoms with E-state index in [1.165, 1.54) is 38.3 Å². The maximum atomic E-state index is 12.0. The van der Waals surface area contributed by atoms with Crippen molar-refractivity contribution in [2.75, 3.05) is 7.11 Å². The molecule has 1 heterocycles. The minimum Gasteiger partial charge on any atom is -0.507 e. The van der Waals surface area contributed by atoms with Crippen LogP contribution in [0.2, 0.25) is 0 Å². The van der Waals surface area contributed by atoms with E-state index in [1.807, 2.05) is 0 Å². The van der Waals surface area contributed by atoms with Crippen LogP contribution in [0.25, 0.3) is 6.08 Å². The second kappa shape index (κ2) is 6.17. The van der Waals surface area contributed by atoms with Gasteiger partial charge in [-0.3, -0.25) is 4.79 Å². The van der Waals surface area contributed by atoms with Gasteiger partial charge in [-0.15, -0.1) is 0 Å². The molecule has 1 aromatic carbocycles. The number of aromatic hydroxyl groups is 2. The number of rotatable bonds is 4. The molecule has 22 heavy (non-hydrogen) atoms. The van der Waals surface area contributed by atoms with Crippen LogP contribution in [0.15, 0.2) is 39.6 Å². The molecule has 0 saturated heterocycles. The number of ketones is 1. The van der Waals surface area contributed by atoms with Crippen LogP contribution >= 0.6 is 0 Å². The molecule has 0 aliphatic carbocycles. The normalized spacial score (nSPS) is 10.8. The SMILES string of the molecule is COc1ccc(/C=C/C(=O)c2c(O)cc(C)oc2=O)cc1O. The molecule has 0 fully saturated rings. The highest BCUT2D eigenvalue weighted by molar-refractivity contribution is 6.08. The average Bonchev–Trinajstić information content (AvgIpc) is 2.44. The van der Waals surface area contributed by atoms with Crippen LogP contribution in [0.5, 0.6) is 17.2 Å². The topological polar surface area (TPSA) is 97.0 Å². The van der Waals surface area contributed by atoms with E-state index in [0.29, 0.717) is 11.3 Å². The molecular formula is C16H14O6. The third kappa shape index (κ3) is 3.17. The number of hydrogen-bond acceptors (Lipinski definition) is 6. The summed E-state index contributed by atoms with van der Waals surface area (Å²) in [5.41, 5.74) is -0.799. The number of phenols is 1. The number of allylic oxidation sites excluding steroid dienone is 1. The Bertz CT molecular complexity index is 801. The van der Waals surface area contributed by atoms with Gasteiger partial charge in [0.05, 0.1) is 7.11 Å². The molecule has 0 saturated carbocycles. The predicted octanol–water partition coefficient (Wildman–Crippen LogP) is 2.26. The minimum atomic E-state index is -0.898. The number of hydrogen-bond donors (Lipinski definition) is 2. The van der Waals surface area contributed by atoms with Gasteiger partial charge in [0.15, 0.2) is 17.3 Å². The zero-order valence-corrected chi connectivity index (χ0v) is 12.0. The molecule has 0 bridgehead atoms. The molecule has 1 aromatic heterocycles. The Morgan fingerprint density at radius 1 is 1.23 bits per heavy atom. The maximum absolute atomic E-state index is 12.0. The van der Waals surface area contributed by atoms with Gasteiger partial charge in [-0.05, 0) is 30.7 Å². The van der Waals surface area contributed by atoms with Crippen molar-refractivity contribution in [3.8, 4) is 17.2 Å². The summed E-state index contributed by atoms with van der Waals surface area (Å²) in [6.45, 7) is 1.49. The summed E-state index contributed by atoms with van der Waals surface area (Å²) in [7, 11) is 1.42. The number of carbonyl (C=O) groups is 1. The third-order valence-corrected chi connectivity index (χ3v) is 2.93. The molecule has 0 unspecified atom stereocenters. The number of carbonyl (C=O) groups excluding carboxylic acids is 1. The largest absolute Gasteiger partial charge is 0.507 e. The van der Waals surface area contributed by atoms with E-state index in [9.17, 15) is 19.8 Å². The van der Waals surface area contributed by atoms with E-state index in [1.54, 1.807) is 6.07 Å². The summed E-state index contributed by atoms with van der Waals surface area (Å²) in [4.78, 5) is 23.6. The van der Waals surface area contributed by atoms with Crippen LogP contribution in [0.1, 0.15) is 21.7 Å². The lowest BCUT2D eigenvalue weighted by atomic mass is 10.1. The summed E-state index contributed by atoms with van der Waals surface area (Å²) in [5, 5.41) is 19.3. The fourth-order valence-electron chi connectivity index (χ4n) is 1.89. The zero-order chi connectivity index (χ0) is 16.3. The lowest BCUT2D eigenvalue weighted by Gasteiger charge is -2.03. The van der Waals surface area contributed by atoms with Crippen molar-refractivity contribution in [2.45, 2.75) is 6.92 Å². The smallest absolute Gasteiger partial charge is 0.351 e. The van der Waals surface area contributed by atoms with Crippen molar-refractivity contribution >= 4 is 11.9 Å². The summed E-state index contributed by atoms with van der Waals surface area (Å²) in [6, 6.07) is 5.76. The van der Waals surface area contributed by atoms with Crippen molar-refractivity contribution in [2.24, 2.45) is 0 Å². The van der Waals surface area contributed by atoms with Crippen molar-refractivity contribution in [3.63, 3.8) is 0 Å². The van der Waals surface area contributed by atoms with Crippen LogP contribution in [0, 0.1) is 6.92 Å². The lowest BCUT2D eigenvalue weighted by Crippen LogP contribution is -2.12. The minimum absolute atomic E-state index is 0.0743. The van der Waals surface area contributed by atoms with E-state index >= 15 is 0 Å². The van der Waals surface area contributed by atoms with Gasteiger partial charge >= 0.3 is 5.63 Å². The molecule has 0 atom stereocenters. The highest BCUT2D eigenvalue weighted by Crippen LogP contribution is 2.26. The summed E-state index contributed by atoms with van der Waals surface area (Å²) in [6.07, 6.45) is 2.52. The molecule has 114 valence electrons. The summed E-state index contributed by atoms with van der Waals surface area (Å²) < 4.78 is 9.69. The number of benzene rings is 1. The Balaban J connectivity index is 2.29. The van der Waals surface area contributed by atoms with Crippen LogP contribution in [0.4, 0.5) is 0 Å². The molecule has 0 spiro atoms. The van der Waals surface area contributed by atoms with Crippen molar-refractivity contribution in [3.05, 3.63) is 57.6 Å². The van der Waals surface area contributed by atoms with Gasteiger partial charge in [0.25, 0.3) is 0 Å². The van der Waals surface area contributed by atoms with Crippen LogP contribution in [-0.4, -0.2) is 23.1 Å². The van der Waals surface area contributed by atoms with E-state index in [-0.39, 0.29) is 11.5 Å². The van der Waals surface area contributed by atoms with Gasteiger partial charge in [-0.2, -0.15) is 0 Å². The fraction of sp³-hybridized carbons (Fsp3) is 0.125. The Morgan fingerprint density at radius 3 is 2.55 bits per heavy atom. The molecular weight excluding hydrogens is 288 g/mol. The average molecular weight is 302 g/mol. The number of aryl methyl sites for hydroxylation is 1. The zero-order valence-electron chi connectivity index (χ0n) is 12.0. The Kier molecular flexibility index (Phi) is 4.31. The Morgan fingerprint density at radius 2 is 1.95 bits per heavy atom. The first-order valence-electron chi connectivity index (χ1n) is 6.35. The van der Waals surface area contributed by atoms with Gasteiger partial charge < -0.3 is 19.4 Å². The van der Waals surface area contributed by atoms with E-state index in [2.05, 4.69) is 0 Å². The molecule has 2 aromatic rings. The Hall–Kier alpha value is -3.02. The van der Waals surface area contributed by atoms with Gasteiger partial charge in [0.1, 0.15) is 17.1 Å². The first-order chi connectivity index (χ1) is 10.4. The number of methoxy groups -OCH3 is 1. The maximum Gasteiger partial charge on any atom is 0.351 e. The monoisotopic (exact) mass is 302 g/mol. The molecule has 6 nitrogen and oxygen atoms in total. The highest BCUT2D eigenvalue weighted by Gasteiger charge is 2.15. The predicted molar refractivity (Wildman–Crippen MR) is 79.4 cm³/mol. The van der Waals surface area contributed by atoms with Gasteiger partial charge in [-0.1, -0.05) is 12.1 Å². The number of phenolic OH excluding ortho intramolecular Hbond substituents is 1. The second-order valence-electron chi connectivity index (χ2n) is 4.53. The quantitative estimate of drug-likeness (QED) is 0.664. The fourth-order valence-corrected chi connectivity index (χ4v) is 1.89. The molecule has 2 N–H and O–H groups in total. The van der Waals surface area contributed by atoms with Gasteiger partial charge in [-0.25, -0.2) is 4.79 Å². The van der Waals surface area contributed by atoms with Gasteiger partial charge in [0.2, 0.25) is 0 Å². The second-order valence-corrected chi connectivity index (χ2v) is 4.53. The van der Waals surface area contributed by atoms with Crippen LogP contribution in [-0.2, 0) is 0 Å². The van der Waals surface area contributed by atoms with Crippen LogP contribution < -0.4 is 10.4 Å². The van der Waals surface area contributed by atoms with E-state index in [0.717, 1.165) is 6.08 Å². The molecule has 0 amide bonds. The molecule has 6 heteroatoms. The van der Waals surface area contributed by atoms with Crippen LogP contribution in [0.3, 0.4) is 0 Å². The van der Waals surface area contributed by atoms with Crippen molar-refractivity contribution < 1.29 is 24.2 Å². The van der Waals surface area contributed by atoms with Gasteiger partial charge in [0, 0.05) is 6.07 Å². The first kappa shape index (κ1) is 15.4. The molecule has 2 rings (SSSR count). The standard InChI is InChI=1S/C16H14O6/c1-9-7-13(19)15(16(20)22-9)11(17)5-3-10-4-6-14(21-2)12(18)8-10/h3-8,18-19H,1-2H3/b5-3+. The van der Waals surface area contributed by atoms with E-state index in [4.69, 9.17) is 9.15 Å². The molecule has 0 aliphatic heterocycles. The number of ether oxygens (including phenoxy) is 1. The Labute approximate surface area is 125 Å². The molecule has 0 aliphatic rings. The first-order valence-corrected chi connectivity index (χ1v) is 6.35. The van der Waals surface area contributed by atoms with Crippen molar-refractivity contribution in [1.82, 2.24) is 0 Å². The molecule has 0 radical (unpaired) electrons. The lowest BCUT2D eigenvalue weighted by molar-refractivity contribution is 0.104. The third-order valence-electron chi connectivity index (χ3n) is 2.93. The summed E-state index contributed by atoms with van der Waals surface area (Å²) >= 11 is 0.